The normalized spacial score (nSPS) is 55.3. The third-order valence-electron chi connectivity index (χ3n) is 18.1. The predicted molar refractivity (Wildman–Crippen MR) is 215 cm³/mol. The summed E-state index contributed by atoms with van der Waals surface area (Å²) in [6.07, 6.45) is -12.4. The van der Waals surface area contributed by atoms with Crippen LogP contribution in [0.2, 0.25) is 0 Å². The lowest BCUT2D eigenvalue weighted by molar-refractivity contribution is -0.358. The summed E-state index contributed by atoms with van der Waals surface area (Å²) in [5.41, 5.74) is -1.86. The van der Waals surface area contributed by atoms with E-state index in [1.54, 1.807) is 0 Å². The topological polar surface area (TPSA) is 275 Å². The molecule has 3 saturated heterocycles. The van der Waals surface area contributed by atoms with E-state index in [-0.39, 0.29) is 59.6 Å². The minimum Gasteiger partial charge on any atom is -0.396 e. The molecular formula is C45H72O17. The number of rotatable bonds is 8. The highest BCUT2D eigenvalue weighted by atomic mass is 16.8. The highest BCUT2D eigenvalue weighted by molar-refractivity contribution is 5.91. The molecule has 62 heavy (non-hydrogen) atoms. The van der Waals surface area contributed by atoms with E-state index in [0.29, 0.717) is 19.3 Å². The fourth-order valence-corrected chi connectivity index (χ4v) is 13.9. The van der Waals surface area contributed by atoms with Crippen LogP contribution in [0, 0.1) is 44.8 Å². The van der Waals surface area contributed by atoms with E-state index in [0.717, 1.165) is 38.5 Å². The van der Waals surface area contributed by atoms with E-state index in [1.165, 1.54) is 5.57 Å². The van der Waals surface area contributed by atoms with Gasteiger partial charge in [0.2, 0.25) is 0 Å². The fraction of sp³-hybridized carbons (Fsp3) is 0.933. The Kier molecular flexibility index (Phi) is 12.6. The van der Waals surface area contributed by atoms with Gasteiger partial charge in [-0.05, 0) is 79.4 Å². The number of aliphatic hydroxyl groups excluding tert-OH is 9. The number of allylic oxidation sites excluding steroid dienone is 1. The van der Waals surface area contributed by atoms with Crippen LogP contribution in [0.15, 0.2) is 11.6 Å². The summed E-state index contributed by atoms with van der Waals surface area (Å²) in [4.78, 5) is 14.1. The van der Waals surface area contributed by atoms with Gasteiger partial charge in [-0.25, -0.2) is 0 Å². The molecule has 0 radical (unpaired) electrons. The first-order valence-corrected chi connectivity index (χ1v) is 22.8. The van der Waals surface area contributed by atoms with Gasteiger partial charge in [0, 0.05) is 23.2 Å². The van der Waals surface area contributed by atoms with Gasteiger partial charge in [-0.2, -0.15) is 0 Å². The molecule has 22 atom stereocenters. The van der Waals surface area contributed by atoms with Crippen LogP contribution in [0.3, 0.4) is 0 Å². The molecule has 354 valence electrons. The Morgan fingerprint density at radius 3 is 2.08 bits per heavy atom. The Hall–Kier alpha value is -1.23. The molecule has 0 aromatic carbocycles. The van der Waals surface area contributed by atoms with Crippen molar-refractivity contribution in [3.05, 3.63) is 11.6 Å². The number of hydrogen-bond acceptors (Lipinski definition) is 17. The molecule has 7 fully saturated rings. The molecule has 0 bridgehead atoms. The molecular weight excluding hydrogens is 812 g/mol. The number of ether oxygens (including phenoxy) is 6. The number of hydrogen-bond donors (Lipinski definition) is 10. The van der Waals surface area contributed by atoms with Crippen molar-refractivity contribution in [1.29, 1.82) is 0 Å². The molecule has 22 unspecified atom stereocenters. The Balaban J connectivity index is 0.976. The lowest BCUT2D eigenvalue weighted by Crippen LogP contribution is -2.68. The Morgan fingerprint density at radius 1 is 0.726 bits per heavy atom. The Morgan fingerprint density at radius 2 is 1.39 bits per heavy atom. The van der Waals surface area contributed by atoms with Gasteiger partial charge in [-0.1, -0.05) is 53.2 Å². The second kappa shape index (κ2) is 16.5. The second-order valence-corrected chi connectivity index (χ2v) is 22.0. The van der Waals surface area contributed by atoms with Gasteiger partial charge in [-0.15, -0.1) is 0 Å². The van der Waals surface area contributed by atoms with Crippen LogP contribution >= 0.6 is 0 Å². The predicted octanol–water partition coefficient (Wildman–Crippen LogP) is -0.204. The lowest BCUT2D eigenvalue weighted by Gasteiger charge is -2.71. The maximum absolute atomic E-state index is 14.1. The Bertz CT molecular complexity index is 1700. The number of carbonyl (C=O) groups is 1. The number of ketones is 1. The van der Waals surface area contributed by atoms with Crippen molar-refractivity contribution in [3.8, 4) is 0 Å². The monoisotopic (exact) mass is 884 g/mol. The van der Waals surface area contributed by atoms with E-state index < -0.39 is 109 Å². The van der Waals surface area contributed by atoms with Crippen molar-refractivity contribution in [2.24, 2.45) is 44.8 Å². The first-order valence-electron chi connectivity index (χ1n) is 22.8. The molecule has 4 saturated carbocycles. The highest BCUT2D eigenvalue weighted by Crippen LogP contribution is 2.74. The van der Waals surface area contributed by atoms with E-state index in [9.17, 15) is 55.9 Å². The van der Waals surface area contributed by atoms with Crippen LogP contribution in [-0.2, 0) is 33.2 Å². The summed E-state index contributed by atoms with van der Waals surface area (Å²) >= 11 is 0. The number of aliphatic hydroxyl groups is 10. The summed E-state index contributed by atoms with van der Waals surface area (Å²) in [5.74, 6) is -0.121. The molecule has 0 amide bonds. The summed E-state index contributed by atoms with van der Waals surface area (Å²) in [5, 5.41) is 108. The zero-order valence-electron chi connectivity index (χ0n) is 36.9. The third-order valence-corrected chi connectivity index (χ3v) is 18.1. The first-order chi connectivity index (χ1) is 29.0. The van der Waals surface area contributed by atoms with Crippen LogP contribution in [0.5, 0.6) is 0 Å². The third kappa shape index (κ3) is 7.31. The van der Waals surface area contributed by atoms with Crippen molar-refractivity contribution < 1.29 is 84.3 Å². The standard InChI is InChI=1S/C45H72O17/c1-40(2)13-14-45(56)22(15-40)21-7-8-27-41(3)11-10-29(42(4,20-46)26(41)9-12-43(27,5)44(21,6)16-28(45)49)61-38-35(55)33(53)32(52)25(60-38)19-59-39-36(31(51)24(48)18-58-39)62-37-34(54)30(50)23(47)17-57-37/h7,22-27,29-39,46-48,50-56H,8-20H2,1-6H3. The van der Waals surface area contributed by atoms with Gasteiger partial charge in [0.1, 0.15) is 66.6 Å². The lowest BCUT2D eigenvalue weighted by atomic mass is 9.34. The maximum Gasteiger partial charge on any atom is 0.186 e. The van der Waals surface area contributed by atoms with E-state index >= 15 is 0 Å². The van der Waals surface area contributed by atoms with Crippen molar-refractivity contribution in [2.75, 3.05) is 26.4 Å². The SMILES string of the molecule is CC1(C)CCC2(O)C(=O)CC3(C)C(=CCC4C5(C)CCC(OC6OC(COC7OCC(O)C(O)C7OC7OCC(O)C(O)C7O)C(O)C(O)C6O)C(C)(CO)C5CCC43C)C2C1. The van der Waals surface area contributed by atoms with Gasteiger partial charge in [0.05, 0.1) is 32.5 Å². The highest BCUT2D eigenvalue weighted by Gasteiger charge is 2.70. The largest absolute Gasteiger partial charge is 0.396 e. The molecule has 8 aliphatic rings. The van der Waals surface area contributed by atoms with Crippen LogP contribution in [0.1, 0.15) is 99.3 Å². The summed E-state index contributed by atoms with van der Waals surface area (Å²) < 4.78 is 35.2. The summed E-state index contributed by atoms with van der Waals surface area (Å²) in [6.45, 7) is 11.9. The number of fused-ring (bicyclic) bond motifs is 7. The van der Waals surface area contributed by atoms with Crippen molar-refractivity contribution >= 4 is 5.78 Å². The average Bonchev–Trinajstić information content (AvgIpc) is 3.22. The van der Waals surface area contributed by atoms with E-state index in [2.05, 4.69) is 40.7 Å². The zero-order chi connectivity index (χ0) is 45.1. The second-order valence-electron chi connectivity index (χ2n) is 22.0. The molecule has 3 aliphatic heterocycles. The molecule has 0 spiro atoms. The zero-order valence-corrected chi connectivity index (χ0v) is 36.9. The maximum atomic E-state index is 14.1. The molecule has 0 aromatic heterocycles. The minimum absolute atomic E-state index is 0.0135. The van der Waals surface area contributed by atoms with Crippen molar-refractivity contribution in [2.45, 2.75) is 191 Å². The Labute approximate surface area is 363 Å². The van der Waals surface area contributed by atoms with E-state index in [4.69, 9.17) is 28.4 Å². The first kappa shape index (κ1) is 47.3. The molecule has 8 rings (SSSR count). The molecule has 5 aliphatic carbocycles. The van der Waals surface area contributed by atoms with Gasteiger partial charge in [-0.3, -0.25) is 4.79 Å². The quantitative estimate of drug-likeness (QED) is 0.112. The minimum atomic E-state index is -1.73. The van der Waals surface area contributed by atoms with Crippen LogP contribution in [0.4, 0.5) is 0 Å². The van der Waals surface area contributed by atoms with Gasteiger partial charge < -0.3 is 79.5 Å². The molecule has 0 aromatic rings. The van der Waals surface area contributed by atoms with Gasteiger partial charge in [0.15, 0.2) is 24.7 Å². The van der Waals surface area contributed by atoms with E-state index in [1.807, 2.05) is 6.92 Å². The smallest absolute Gasteiger partial charge is 0.186 e. The van der Waals surface area contributed by atoms with Crippen LogP contribution < -0.4 is 0 Å². The fourth-order valence-electron chi connectivity index (χ4n) is 13.9. The van der Waals surface area contributed by atoms with Gasteiger partial charge >= 0.3 is 0 Å². The van der Waals surface area contributed by atoms with Crippen molar-refractivity contribution in [1.82, 2.24) is 0 Å². The number of carbonyl (C=O) groups excluding carboxylic acids is 1. The summed E-state index contributed by atoms with van der Waals surface area (Å²) in [7, 11) is 0. The molecule has 3 heterocycles. The van der Waals surface area contributed by atoms with Gasteiger partial charge in [0.25, 0.3) is 0 Å². The average molecular weight is 885 g/mol. The summed E-state index contributed by atoms with van der Waals surface area (Å²) in [6, 6.07) is 0. The molecule has 17 heteroatoms. The number of Topliss-reactive ketones (excluding diaryl/α,β-unsaturated/α-hetero) is 1. The van der Waals surface area contributed by atoms with Crippen molar-refractivity contribution in [3.63, 3.8) is 0 Å². The van der Waals surface area contributed by atoms with Crippen LogP contribution in [-0.4, -0.2) is 175 Å². The van der Waals surface area contributed by atoms with Crippen LogP contribution in [0.25, 0.3) is 0 Å². The molecule has 17 nitrogen and oxygen atoms in total. The molecule has 10 N–H and O–H groups in total.